The van der Waals surface area contributed by atoms with E-state index in [9.17, 15) is 14.4 Å². The number of halogens is 1. The highest BCUT2D eigenvalue weighted by atomic mass is 35.5. The van der Waals surface area contributed by atoms with Crippen molar-refractivity contribution in [1.29, 1.82) is 0 Å². The van der Waals surface area contributed by atoms with Crippen molar-refractivity contribution >= 4 is 40.6 Å². The van der Waals surface area contributed by atoms with Crippen LogP contribution in [-0.4, -0.2) is 51.0 Å². The molecule has 4 rings (SSSR count). The number of unbranched alkanes of at least 4 members (excludes halogenated alkanes) is 3. The highest BCUT2D eigenvalue weighted by molar-refractivity contribution is 6.34. The summed E-state index contributed by atoms with van der Waals surface area (Å²) in [5.41, 5.74) is 2.82. The number of hydrogen-bond donors (Lipinski definition) is 2. The van der Waals surface area contributed by atoms with Crippen LogP contribution in [0.2, 0.25) is 5.02 Å². The molecule has 12 heteroatoms. The van der Waals surface area contributed by atoms with Crippen molar-refractivity contribution in [2.24, 2.45) is 5.41 Å². The monoisotopic (exact) mass is 814 g/mol. The summed E-state index contributed by atoms with van der Waals surface area (Å²) in [6, 6.07) is 17.1. The first-order chi connectivity index (χ1) is 27.4. The molecule has 0 aliphatic heterocycles. The fourth-order valence-corrected chi connectivity index (χ4v) is 6.31. The highest BCUT2D eigenvalue weighted by Crippen LogP contribution is 2.39. The van der Waals surface area contributed by atoms with Gasteiger partial charge in [-0.1, -0.05) is 112 Å². The maximum atomic E-state index is 13.9. The summed E-state index contributed by atoms with van der Waals surface area (Å²) in [5, 5.41) is 18.6. The Morgan fingerprint density at radius 3 is 2.12 bits per heavy atom. The molecule has 0 aliphatic rings. The number of ether oxygens (including phenoxy) is 2. The standard InChI is InChI=1S/C46H63ClN6O5/c1-11-14-15-16-27-57-34-23-19-31(20-24-34)42-50-52-53(51-42)40(41(55)44(4,5)6)43(56)49-37-30-33(22-25-36(37)47)48-39(54)18-17-28-58-38-26-21-32(45(7,8)12-2)29-35(38)46(9,10)13-3/h19-26,29-30,40H,11-18,27-28H2,1-10H3,(H,48,54)(H,49,56). The molecule has 58 heavy (non-hydrogen) atoms. The number of carbonyl (C=O) groups is 3. The molecule has 4 aromatic rings. The third-order valence-corrected chi connectivity index (χ3v) is 11.2. The topological polar surface area (TPSA) is 137 Å². The molecule has 2 amide bonds. The highest BCUT2D eigenvalue weighted by Gasteiger charge is 2.38. The van der Waals surface area contributed by atoms with Crippen LogP contribution in [0.25, 0.3) is 11.4 Å². The van der Waals surface area contributed by atoms with Crippen LogP contribution in [-0.2, 0) is 25.2 Å². The van der Waals surface area contributed by atoms with Crippen LogP contribution in [0.15, 0.2) is 60.7 Å². The van der Waals surface area contributed by atoms with Gasteiger partial charge >= 0.3 is 0 Å². The van der Waals surface area contributed by atoms with Crippen LogP contribution in [0, 0.1) is 5.41 Å². The Balaban J connectivity index is 1.40. The minimum absolute atomic E-state index is 0.0562. The summed E-state index contributed by atoms with van der Waals surface area (Å²) in [6.07, 6.45) is 7.17. The van der Waals surface area contributed by atoms with Crippen LogP contribution in [0.4, 0.5) is 11.4 Å². The average molecular weight is 815 g/mol. The predicted molar refractivity (Wildman–Crippen MR) is 233 cm³/mol. The molecule has 0 aliphatic carbocycles. The first-order valence-electron chi connectivity index (χ1n) is 20.6. The Bertz CT molecular complexity index is 2000. The number of tetrazole rings is 1. The molecule has 11 nitrogen and oxygen atoms in total. The molecule has 0 saturated carbocycles. The SMILES string of the molecule is CCCCCCOc1ccc(-c2nnn(C(C(=O)Nc3cc(NC(=O)CCCOc4ccc(C(C)(C)CC)cc4C(C)(C)CC)ccc3Cl)C(=O)C(C)(C)C)n2)cc1. The van der Waals surface area contributed by atoms with Gasteiger partial charge in [-0.3, -0.25) is 14.4 Å². The zero-order valence-corrected chi connectivity index (χ0v) is 36.9. The fraction of sp³-hybridized carbons (Fsp3) is 0.522. The number of rotatable bonds is 21. The number of aromatic nitrogens is 4. The van der Waals surface area contributed by atoms with E-state index in [1.165, 1.54) is 17.5 Å². The van der Waals surface area contributed by atoms with Crippen LogP contribution in [0.5, 0.6) is 11.5 Å². The second-order valence-corrected chi connectivity index (χ2v) is 17.7. The second-order valence-electron chi connectivity index (χ2n) is 17.3. The summed E-state index contributed by atoms with van der Waals surface area (Å²) in [5.74, 6) is 0.486. The van der Waals surface area contributed by atoms with Gasteiger partial charge in [0.2, 0.25) is 17.8 Å². The van der Waals surface area contributed by atoms with Gasteiger partial charge < -0.3 is 20.1 Å². The van der Waals surface area contributed by atoms with E-state index in [0.29, 0.717) is 30.9 Å². The number of amides is 2. The Hall–Kier alpha value is -4.77. The van der Waals surface area contributed by atoms with Gasteiger partial charge in [0.25, 0.3) is 5.91 Å². The summed E-state index contributed by atoms with van der Waals surface area (Å²) >= 11 is 6.52. The van der Waals surface area contributed by atoms with Gasteiger partial charge in [-0.25, -0.2) is 0 Å². The summed E-state index contributed by atoms with van der Waals surface area (Å²) < 4.78 is 12.1. The maximum absolute atomic E-state index is 13.9. The summed E-state index contributed by atoms with van der Waals surface area (Å²) in [6.45, 7) is 21.7. The Morgan fingerprint density at radius 1 is 0.776 bits per heavy atom. The van der Waals surface area contributed by atoms with E-state index in [-0.39, 0.29) is 39.7 Å². The Morgan fingerprint density at radius 2 is 1.47 bits per heavy atom. The molecule has 1 atom stereocenters. The lowest BCUT2D eigenvalue weighted by Crippen LogP contribution is -2.39. The van der Waals surface area contributed by atoms with Gasteiger partial charge in [0, 0.05) is 28.7 Å². The molecule has 2 N–H and O–H groups in total. The van der Waals surface area contributed by atoms with Crippen molar-refractivity contribution in [1.82, 2.24) is 20.2 Å². The molecule has 0 saturated heterocycles. The van der Waals surface area contributed by atoms with Crippen molar-refractivity contribution < 1.29 is 23.9 Å². The van der Waals surface area contributed by atoms with Gasteiger partial charge in [0.05, 0.1) is 23.9 Å². The molecular weight excluding hydrogens is 752 g/mol. The molecule has 1 aromatic heterocycles. The van der Waals surface area contributed by atoms with Crippen molar-refractivity contribution in [3.05, 3.63) is 76.8 Å². The fourth-order valence-electron chi connectivity index (χ4n) is 6.15. The minimum atomic E-state index is -1.45. The van der Waals surface area contributed by atoms with Gasteiger partial charge in [0.15, 0.2) is 5.78 Å². The third kappa shape index (κ3) is 12.4. The first-order valence-corrected chi connectivity index (χ1v) is 21.0. The molecule has 0 spiro atoms. The molecule has 0 bridgehead atoms. The average Bonchev–Trinajstić information content (AvgIpc) is 3.67. The lowest BCUT2D eigenvalue weighted by Gasteiger charge is -2.30. The zero-order valence-electron chi connectivity index (χ0n) is 36.1. The van der Waals surface area contributed by atoms with Crippen LogP contribution in [0.1, 0.15) is 138 Å². The molecule has 0 radical (unpaired) electrons. The number of hydrogen-bond acceptors (Lipinski definition) is 8. The molecule has 314 valence electrons. The molecular formula is C46H63ClN6O5. The normalized spacial score (nSPS) is 12.5. The molecule has 1 unspecified atom stereocenters. The largest absolute Gasteiger partial charge is 0.494 e. The van der Waals surface area contributed by atoms with E-state index < -0.39 is 23.1 Å². The third-order valence-electron chi connectivity index (χ3n) is 10.8. The lowest BCUT2D eigenvalue weighted by atomic mass is 9.76. The predicted octanol–water partition coefficient (Wildman–Crippen LogP) is 10.9. The smallest absolute Gasteiger partial charge is 0.258 e. The number of ketones is 1. The summed E-state index contributed by atoms with van der Waals surface area (Å²) in [4.78, 5) is 41.7. The van der Waals surface area contributed by atoms with Gasteiger partial charge in [0.1, 0.15) is 11.5 Å². The Kier molecular flexibility index (Phi) is 16.1. The number of benzene rings is 3. The van der Waals surface area contributed by atoms with E-state index in [2.05, 4.69) is 92.7 Å². The maximum Gasteiger partial charge on any atom is 0.258 e. The van der Waals surface area contributed by atoms with E-state index in [1.807, 2.05) is 24.3 Å². The molecule has 1 heterocycles. The van der Waals surface area contributed by atoms with Crippen molar-refractivity contribution in [2.45, 2.75) is 137 Å². The zero-order chi connectivity index (χ0) is 42.7. The van der Waals surface area contributed by atoms with E-state index in [4.69, 9.17) is 21.1 Å². The van der Waals surface area contributed by atoms with E-state index in [0.717, 1.165) is 48.4 Å². The van der Waals surface area contributed by atoms with Crippen molar-refractivity contribution in [3.8, 4) is 22.9 Å². The molecule has 3 aromatic carbocycles. The van der Waals surface area contributed by atoms with E-state index >= 15 is 0 Å². The number of anilines is 2. The van der Waals surface area contributed by atoms with Crippen molar-refractivity contribution in [2.75, 3.05) is 23.8 Å². The molecule has 0 fully saturated rings. The Labute approximate surface area is 350 Å². The van der Waals surface area contributed by atoms with Gasteiger partial charge in [-0.15, -0.1) is 15.0 Å². The van der Waals surface area contributed by atoms with E-state index in [1.54, 1.807) is 39.0 Å². The van der Waals surface area contributed by atoms with Crippen molar-refractivity contribution in [3.63, 3.8) is 0 Å². The number of Topliss-reactive ketones (excluding diaryl/α,β-unsaturated/α-hetero) is 1. The van der Waals surface area contributed by atoms with Gasteiger partial charge in [-0.05, 0) is 95.8 Å². The minimum Gasteiger partial charge on any atom is -0.494 e. The first kappa shape index (κ1) is 45.9. The number of nitrogens with zero attached hydrogens (tertiary/aromatic N) is 4. The van der Waals surface area contributed by atoms with Crippen LogP contribution in [0.3, 0.4) is 0 Å². The van der Waals surface area contributed by atoms with Gasteiger partial charge in [-0.2, -0.15) is 0 Å². The quantitative estimate of drug-likeness (QED) is 0.0626. The summed E-state index contributed by atoms with van der Waals surface area (Å²) in [7, 11) is 0. The number of carbonyl (C=O) groups excluding carboxylic acids is 3. The second kappa shape index (κ2) is 20.3. The van der Waals surface area contributed by atoms with Crippen LogP contribution < -0.4 is 20.1 Å². The van der Waals surface area contributed by atoms with Crippen LogP contribution >= 0.6 is 11.6 Å². The number of nitrogens with one attached hydrogen (secondary N) is 2. The lowest BCUT2D eigenvalue weighted by molar-refractivity contribution is -0.136.